The van der Waals surface area contributed by atoms with E-state index in [0.29, 0.717) is 0 Å². The summed E-state index contributed by atoms with van der Waals surface area (Å²) in [6.45, 7) is 0. The molecule has 1 aliphatic rings. The number of hydrogen-bond donors (Lipinski definition) is 0. The molecule has 0 atom stereocenters. The molecule has 10 rings (SSSR count). The number of rotatable bonds is 6. The second kappa shape index (κ2) is 12.0. The second-order valence-electron chi connectivity index (χ2n) is 13.3. The van der Waals surface area contributed by atoms with E-state index in [4.69, 9.17) is 4.42 Å². The lowest BCUT2D eigenvalue weighted by Crippen LogP contribution is -2.10. The molecule has 0 fully saturated rings. The predicted octanol–water partition coefficient (Wildman–Crippen LogP) is 13.6. The van der Waals surface area contributed by atoms with Crippen molar-refractivity contribution in [2.24, 2.45) is 0 Å². The molecule has 240 valence electrons. The zero-order chi connectivity index (χ0) is 33.7. The standard InChI is InChI=1S/C49H33NO/c1-2-11-33(12-3-1)34-21-27-37(28-22-34)50(38-29-23-35(24-30-38)40-18-10-19-46-43-15-8-9-20-47(43)51-49(40)46)39-31-25-36(26-32-39)48-44-16-6-4-13-41(44)42-14-5-7-17-45(42)48/h1-32,48H. The SMILES string of the molecule is c1ccc(-c2ccc(N(c3ccc(-c4cccc5c4oc4ccccc45)cc3)c3ccc(C4c5ccccc5-c5ccccc54)cc3)cc2)cc1. The van der Waals surface area contributed by atoms with Gasteiger partial charge in [-0.25, -0.2) is 0 Å². The van der Waals surface area contributed by atoms with Crippen LogP contribution in [0.1, 0.15) is 22.6 Å². The average Bonchev–Trinajstić information content (AvgIpc) is 3.75. The summed E-state index contributed by atoms with van der Waals surface area (Å²) in [6, 6.07) is 69.8. The highest BCUT2D eigenvalue weighted by Crippen LogP contribution is 2.48. The number of fused-ring (bicyclic) bond motifs is 6. The van der Waals surface area contributed by atoms with Gasteiger partial charge in [0, 0.05) is 39.3 Å². The van der Waals surface area contributed by atoms with E-state index in [2.05, 4.69) is 187 Å². The molecule has 0 saturated heterocycles. The Balaban J connectivity index is 1.05. The topological polar surface area (TPSA) is 16.4 Å². The third kappa shape index (κ3) is 4.95. The van der Waals surface area contributed by atoms with Crippen molar-refractivity contribution in [1.82, 2.24) is 0 Å². The van der Waals surface area contributed by atoms with Gasteiger partial charge in [-0.3, -0.25) is 0 Å². The van der Waals surface area contributed by atoms with Crippen molar-refractivity contribution in [2.75, 3.05) is 4.90 Å². The van der Waals surface area contributed by atoms with Gasteiger partial charge in [-0.2, -0.15) is 0 Å². The molecule has 0 bridgehead atoms. The van der Waals surface area contributed by atoms with Crippen molar-refractivity contribution < 1.29 is 4.42 Å². The Morgan fingerprint density at radius 2 is 0.843 bits per heavy atom. The van der Waals surface area contributed by atoms with E-state index in [9.17, 15) is 0 Å². The molecule has 2 nitrogen and oxygen atoms in total. The lowest BCUT2D eigenvalue weighted by molar-refractivity contribution is 0.670. The summed E-state index contributed by atoms with van der Waals surface area (Å²) < 4.78 is 6.39. The number of anilines is 3. The van der Waals surface area contributed by atoms with Gasteiger partial charge in [-0.05, 0) is 87.0 Å². The monoisotopic (exact) mass is 651 g/mol. The summed E-state index contributed by atoms with van der Waals surface area (Å²) in [6.07, 6.45) is 0. The second-order valence-corrected chi connectivity index (χ2v) is 13.3. The van der Waals surface area contributed by atoms with E-state index in [0.717, 1.165) is 50.1 Å². The first kappa shape index (κ1) is 29.3. The highest BCUT2D eigenvalue weighted by molar-refractivity contribution is 6.09. The molecule has 1 aromatic heterocycles. The molecule has 0 amide bonds. The first-order chi connectivity index (χ1) is 25.3. The largest absolute Gasteiger partial charge is 0.455 e. The van der Waals surface area contributed by atoms with Crippen molar-refractivity contribution in [1.29, 1.82) is 0 Å². The lowest BCUT2D eigenvalue weighted by atomic mass is 9.89. The lowest BCUT2D eigenvalue weighted by Gasteiger charge is -2.26. The highest BCUT2D eigenvalue weighted by Gasteiger charge is 2.29. The Morgan fingerprint density at radius 3 is 1.51 bits per heavy atom. The highest BCUT2D eigenvalue weighted by atomic mass is 16.3. The van der Waals surface area contributed by atoms with E-state index in [1.54, 1.807) is 0 Å². The van der Waals surface area contributed by atoms with Gasteiger partial charge in [0.1, 0.15) is 11.2 Å². The van der Waals surface area contributed by atoms with Crippen LogP contribution >= 0.6 is 0 Å². The van der Waals surface area contributed by atoms with Gasteiger partial charge in [0.15, 0.2) is 0 Å². The Bertz CT molecular complexity index is 2620. The van der Waals surface area contributed by atoms with E-state index < -0.39 is 0 Å². The van der Waals surface area contributed by atoms with E-state index >= 15 is 0 Å². The van der Waals surface area contributed by atoms with E-state index in [1.165, 1.54) is 38.9 Å². The molecular weight excluding hydrogens is 619 g/mol. The maximum absolute atomic E-state index is 6.39. The number of furan rings is 1. The van der Waals surface area contributed by atoms with Gasteiger partial charge in [0.2, 0.25) is 0 Å². The maximum atomic E-state index is 6.39. The van der Waals surface area contributed by atoms with Gasteiger partial charge >= 0.3 is 0 Å². The molecule has 1 aliphatic carbocycles. The Hall–Kier alpha value is -6.64. The average molecular weight is 652 g/mol. The molecule has 0 aliphatic heterocycles. The van der Waals surface area contributed by atoms with Gasteiger partial charge in [0.25, 0.3) is 0 Å². The number of hydrogen-bond acceptors (Lipinski definition) is 2. The minimum atomic E-state index is 0.213. The van der Waals surface area contributed by atoms with Crippen molar-refractivity contribution in [3.05, 3.63) is 211 Å². The van der Waals surface area contributed by atoms with Gasteiger partial charge < -0.3 is 9.32 Å². The summed E-state index contributed by atoms with van der Waals surface area (Å²) in [5.41, 5.74) is 16.5. The molecule has 2 heteroatoms. The molecule has 9 aromatic rings. The zero-order valence-corrected chi connectivity index (χ0v) is 27.9. The minimum Gasteiger partial charge on any atom is -0.455 e. The summed E-state index contributed by atoms with van der Waals surface area (Å²) in [5.74, 6) is 0.213. The Labute approximate surface area is 297 Å². The van der Waals surface area contributed by atoms with Crippen LogP contribution in [0.15, 0.2) is 199 Å². The van der Waals surface area contributed by atoms with Gasteiger partial charge in [0.05, 0.1) is 0 Å². The van der Waals surface area contributed by atoms with Crippen LogP contribution in [-0.4, -0.2) is 0 Å². The van der Waals surface area contributed by atoms with Crippen LogP contribution in [0.3, 0.4) is 0 Å². The van der Waals surface area contributed by atoms with Crippen LogP contribution in [0, 0.1) is 0 Å². The quantitative estimate of drug-likeness (QED) is 0.178. The Kier molecular flexibility index (Phi) is 6.92. The fourth-order valence-corrected chi connectivity index (χ4v) is 7.98. The predicted molar refractivity (Wildman–Crippen MR) is 212 cm³/mol. The summed E-state index contributed by atoms with van der Waals surface area (Å²) in [4.78, 5) is 2.35. The van der Waals surface area contributed by atoms with Crippen LogP contribution in [0.2, 0.25) is 0 Å². The zero-order valence-electron chi connectivity index (χ0n) is 27.9. The molecule has 0 saturated carbocycles. The molecule has 0 unspecified atom stereocenters. The molecular formula is C49H33NO. The van der Waals surface area contributed by atoms with Crippen LogP contribution in [0.4, 0.5) is 17.1 Å². The molecule has 0 radical (unpaired) electrons. The smallest absolute Gasteiger partial charge is 0.143 e. The number of nitrogens with zero attached hydrogens (tertiary/aromatic N) is 1. The van der Waals surface area contributed by atoms with Crippen molar-refractivity contribution >= 4 is 39.0 Å². The Morgan fingerprint density at radius 1 is 0.353 bits per heavy atom. The molecule has 8 aromatic carbocycles. The fraction of sp³-hybridized carbons (Fsp3) is 0.0204. The van der Waals surface area contributed by atoms with Crippen molar-refractivity contribution in [2.45, 2.75) is 5.92 Å². The van der Waals surface area contributed by atoms with Crippen LogP contribution in [0.5, 0.6) is 0 Å². The molecule has 51 heavy (non-hydrogen) atoms. The van der Waals surface area contributed by atoms with Crippen LogP contribution in [-0.2, 0) is 0 Å². The summed E-state index contributed by atoms with van der Waals surface area (Å²) >= 11 is 0. The molecule has 0 N–H and O–H groups in total. The summed E-state index contributed by atoms with van der Waals surface area (Å²) in [5, 5.41) is 2.28. The van der Waals surface area contributed by atoms with E-state index in [1.807, 2.05) is 12.1 Å². The maximum Gasteiger partial charge on any atom is 0.143 e. The fourth-order valence-electron chi connectivity index (χ4n) is 7.98. The van der Waals surface area contributed by atoms with Gasteiger partial charge in [-0.1, -0.05) is 152 Å². The van der Waals surface area contributed by atoms with Crippen molar-refractivity contribution in [3.63, 3.8) is 0 Å². The third-order valence-electron chi connectivity index (χ3n) is 10.4. The third-order valence-corrected chi connectivity index (χ3v) is 10.4. The van der Waals surface area contributed by atoms with Crippen molar-refractivity contribution in [3.8, 4) is 33.4 Å². The number of para-hydroxylation sites is 2. The minimum absolute atomic E-state index is 0.213. The van der Waals surface area contributed by atoms with Crippen LogP contribution < -0.4 is 4.90 Å². The number of benzene rings is 8. The first-order valence-electron chi connectivity index (χ1n) is 17.5. The molecule has 0 spiro atoms. The summed E-state index contributed by atoms with van der Waals surface area (Å²) in [7, 11) is 0. The van der Waals surface area contributed by atoms with Crippen LogP contribution in [0.25, 0.3) is 55.3 Å². The molecule has 1 heterocycles. The first-order valence-corrected chi connectivity index (χ1v) is 17.5. The van der Waals surface area contributed by atoms with E-state index in [-0.39, 0.29) is 5.92 Å². The normalized spacial score (nSPS) is 12.2. The van der Waals surface area contributed by atoms with Gasteiger partial charge in [-0.15, -0.1) is 0 Å².